The number of imide groups is 1. The van der Waals surface area contributed by atoms with Gasteiger partial charge in [-0.25, -0.2) is 4.79 Å². The van der Waals surface area contributed by atoms with Gasteiger partial charge in [0.05, 0.1) is 0 Å². The van der Waals surface area contributed by atoms with Crippen molar-refractivity contribution in [3.63, 3.8) is 0 Å². The summed E-state index contributed by atoms with van der Waals surface area (Å²) in [5.41, 5.74) is -0.583. The van der Waals surface area contributed by atoms with E-state index < -0.39 is 5.54 Å². The third-order valence-electron chi connectivity index (χ3n) is 3.91. The number of nitrogens with one attached hydrogen (secondary N) is 1. The van der Waals surface area contributed by atoms with Gasteiger partial charge in [-0.15, -0.1) is 0 Å². The van der Waals surface area contributed by atoms with Gasteiger partial charge in [-0.3, -0.25) is 9.69 Å². The Bertz CT molecular complexity index is 324. The fourth-order valence-corrected chi connectivity index (χ4v) is 2.84. The standard InChI is InChI=1S/C12H20N2O2S/c1-9-3-5-12(6-4-9)10(15)14(7-2-8-17)11(16)13-12/h9,17H,2-8H2,1H3,(H,13,16). The van der Waals surface area contributed by atoms with Crippen molar-refractivity contribution in [2.24, 2.45) is 5.92 Å². The van der Waals surface area contributed by atoms with Crippen LogP contribution in [-0.2, 0) is 4.79 Å². The second-order valence-corrected chi connectivity index (χ2v) is 5.68. The second-order valence-electron chi connectivity index (χ2n) is 5.23. The maximum atomic E-state index is 12.3. The van der Waals surface area contributed by atoms with Crippen LogP contribution in [0.1, 0.15) is 39.0 Å². The Morgan fingerprint density at radius 1 is 1.41 bits per heavy atom. The highest BCUT2D eigenvalue weighted by molar-refractivity contribution is 7.80. The fraction of sp³-hybridized carbons (Fsp3) is 0.833. The predicted octanol–water partition coefficient (Wildman–Crippen LogP) is 1.81. The molecule has 1 spiro atoms. The van der Waals surface area contributed by atoms with E-state index in [1.165, 1.54) is 4.90 Å². The van der Waals surface area contributed by atoms with Crippen molar-refractivity contribution in [2.75, 3.05) is 12.3 Å². The van der Waals surface area contributed by atoms with Crippen LogP contribution in [0.5, 0.6) is 0 Å². The molecule has 4 nitrogen and oxygen atoms in total. The highest BCUT2D eigenvalue weighted by Gasteiger charge is 2.51. The SMILES string of the molecule is CC1CCC2(CC1)NC(=O)N(CCCS)C2=O. The number of urea groups is 1. The van der Waals surface area contributed by atoms with Crippen LogP contribution in [0, 0.1) is 5.92 Å². The Labute approximate surface area is 108 Å². The lowest BCUT2D eigenvalue weighted by molar-refractivity contribution is -0.132. The molecule has 17 heavy (non-hydrogen) atoms. The molecule has 1 heterocycles. The molecule has 2 fully saturated rings. The van der Waals surface area contributed by atoms with E-state index >= 15 is 0 Å². The Balaban J connectivity index is 2.06. The van der Waals surface area contributed by atoms with Gasteiger partial charge in [0.25, 0.3) is 5.91 Å². The lowest BCUT2D eigenvalue weighted by Gasteiger charge is -2.33. The van der Waals surface area contributed by atoms with Gasteiger partial charge in [0.15, 0.2) is 0 Å². The maximum Gasteiger partial charge on any atom is 0.325 e. The van der Waals surface area contributed by atoms with Gasteiger partial charge in [-0.1, -0.05) is 6.92 Å². The molecule has 1 saturated carbocycles. The zero-order chi connectivity index (χ0) is 12.5. The molecule has 2 aliphatic rings. The summed E-state index contributed by atoms with van der Waals surface area (Å²) in [7, 11) is 0. The molecule has 0 aromatic carbocycles. The summed E-state index contributed by atoms with van der Waals surface area (Å²) in [6.45, 7) is 2.69. The first-order valence-corrected chi connectivity index (χ1v) is 6.97. The van der Waals surface area contributed by atoms with Gasteiger partial charge < -0.3 is 5.32 Å². The molecular weight excluding hydrogens is 236 g/mol. The van der Waals surface area contributed by atoms with Crippen LogP contribution >= 0.6 is 12.6 Å². The summed E-state index contributed by atoms with van der Waals surface area (Å²) in [5, 5.41) is 2.91. The minimum Gasteiger partial charge on any atom is -0.323 e. The van der Waals surface area contributed by atoms with E-state index in [9.17, 15) is 9.59 Å². The van der Waals surface area contributed by atoms with E-state index in [1.807, 2.05) is 0 Å². The number of carbonyl (C=O) groups excluding carboxylic acids is 2. The number of rotatable bonds is 3. The van der Waals surface area contributed by atoms with E-state index in [-0.39, 0.29) is 11.9 Å². The largest absolute Gasteiger partial charge is 0.325 e. The minimum atomic E-state index is -0.583. The fourth-order valence-electron chi connectivity index (χ4n) is 2.70. The van der Waals surface area contributed by atoms with E-state index in [0.717, 1.165) is 32.1 Å². The molecule has 1 aliphatic heterocycles. The van der Waals surface area contributed by atoms with Crippen LogP contribution in [-0.4, -0.2) is 34.7 Å². The first kappa shape index (κ1) is 12.7. The first-order chi connectivity index (χ1) is 8.09. The summed E-state index contributed by atoms with van der Waals surface area (Å²) in [6.07, 6.45) is 4.37. The molecular formula is C12H20N2O2S. The average molecular weight is 256 g/mol. The molecule has 96 valence electrons. The number of amides is 3. The van der Waals surface area contributed by atoms with Gasteiger partial charge in [0.1, 0.15) is 5.54 Å². The Hall–Kier alpha value is -0.710. The smallest absolute Gasteiger partial charge is 0.323 e. The number of hydrogen-bond acceptors (Lipinski definition) is 3. The Kier molecular flexibility index (Phi) is 3.66. The monoisotopic (exact) mass is 256 g/mol. The molecule has 0 unspecified atom stereocenters. The van der Waals surface area contributed by atoms with E-state index in [2.05, 4.69) is 24.9 Å². The molecule has 2 rings (SSSR count). The number of nitrogens with zero attached hydrogens (tertiary/aromatic N) is 1. The molecule has 5 heteroatoms. The van der Waals surface area contributed by atoms with Crippen molar-refractivity contribution in [2.45, 2.75) is 44.6 Å². The Morgan fingerprint density at radius 2 is 2.06 bits per heavy atom. The van der Waals surface area contributed by atoms with Crippen molar-refractivity contribution in [3.8, 4) is 0 Å². The van der Waals surface area contributed by atoms with Crippen LogP contribution in [0.3, 0.4) is 0 Å². The predicted molar refractivity (Wildman–Crippen MR) is 69.1 cm³/mol. The zero-order valence-electron chi connectivity index (χ0n) is 10.2. The van der Waals surface area contributed by atoms with Crippen molar-refractivity contribution in [1.29, 1.82) is 0 Å². The molecule has 0 radical (unpaired) electrons. The molecule has 1 saturated heterocycles. The normalized spacial score (nSPS) is 33.3. The summed E-state index contributed by atoms with van der Waals surface area (Å²) in [5.74, 6) is 1.34. The molecule has 1 N–H and O–H groups in total. The summed E-state index contributed by atoms with van der Waals surface area (Å²) < 4.78 is 0. The van der Waals surface area contributed by atoms with E-state index in [0.29, 0.717) is 18.2 Å². The van der Waals surface area contributed by atoms with Crippen molar-refractivity contribution in [3.05, 3.63) is 0 Å². The lowest BCUT2D eigenvalue weighted by atomic mass is 9.77. The summed E-state index contributed by atoms with van der Waals surface area (Å²) >= 11 is 4.11. The van der Waals surface area contributed by atoms with Gasteiger partial charge >= 0.3 is 6.03 Å². The molecule has 3 amide bonds. The third-order valence-corrected chi connectivity index (χ3v) is 4.23. The summed E-state index contributed by atoms with van der Waals surface area (Å²) in [4.78, 5) is 25.5. The van der Waals surface area contributed by atoms with E-state index in [1.54, 1.807) is 0 Å². The van der Waals surface area contributed by atoms with Gasteiger partial charge in [-0.2, -0.15) is 12.6 Å². The van der Waals surface area contributed by atoms with E-state index in [4.69, 9.17) is 0 Å². The van der Waals surface area contributed by atoms with Crippen LogP contribution in [0.4, 0.5) is 4.79 Å². The highest BCUT2D eigenvalue weighted by atomic mass is 32.1. The lowest BCUT2D eigenvalue weighted by Crippen LogP contribution is -2.49. The third kappa shape index (κ3) is 2.30. The van der Waals surface area contributed by atoms with Gasteiger partial charge in [0.2, 0.25) is 0 Å². The quantitative estimate of drug-likeness (QED) is 0.597. The Morgan fingerprint density at radius 3 is 2.65 bits per heavy atom. The molecule has 0 aromatic heterocycles. The van der Waals surface area contributed by atoms with Crippen molar-refractivity contribution < 1.29 is 9.59 Å². The zero-order valence-corrected chi connectivity index (χ0v) is 11.1. The van der Waals surface area contributed by atoms with Crippen molar-refractivity contribution >= 4 is 24.6 Å². The van der Waals surface area contributed by atoms with Crippen molar-refractivity contribution in [1.82, 2.24) is 10.2 Å². The maximum absolute atomic E-state index is 12.3. The minimum absolute atomic E-state index is 0.0174. The van der Waals surface area contributed by atoms with Crippen LogP contribution in [0.2, 0.25) is 0 Å². The number of hydrogen-bond donors (Lipinski definition) is 2. The van der Waals surface area contributed by atoms with Gasteiger partial charge in [-0.05, 0) is 43.8 Å². The van der Waals surface area contributed by atoms with Gasteiger partial charge in [0, 0.05) is 6.54 Å². The number of carbonyl (C=O) groups is 2. The molecule has 0 aromatic rings. The highest BCUT2D eigenvalue weighted by Crippen LogP contribution is 2.36. The van der Waals surface area contributed by atoms with Crippen LogP contribution in [0.15, 0.2) is 0 Å². The second kappa shape index (κ2) is 4.88. The van der Waals surface area contributed by atoms with Crippen LogP contribution in [0.25, 0.3) is 0 Å². The summed E-state index contributed by atoms with van der Waals surface area (Å²) in [6, 6.07) is -0.216. The molecule has 1 aliphatic carbocycles. The first-order valence-electron chi connectivity index (χ1n) is 6.34. The topological polar surface area (TPSA) is 49.4 Å². The average Bonchev–Trinajstić information content (AvgIpc) is 2.54. The molecule has 0 atom stereocenters. The molecule has 0 bridgehead atoms. The van der Waals surface area contributed by atoms with Crippen LogP contribution < -0.4 is 5.32 Å². The number of thiol groups is 1.